The topological polar surface area (TPSA) is 60.9 Å². The summed E-state index contributed by atoms with van der Waals surface area (Å²) >= 11 is 1.29. The first-order chi connectivity index (χ1) is 12.5. The number of hydrogen-bond donors (Lipinski definition) is 1. The third kappa shape index (κ3) is 3.04. The summed E-state index contributed by atoms with van der Waals surface area (Å²) in [5.74, 6) is -1.35. The molecule has 3 rings (SSSR count). The van der Waals surface area contributed by atoms with Crippen molar-refractivity contribution in [1.82, 2.24) is 4.90 Å². The average molecular weight is 368 g/mol. The SMILES string of the molecule is C=CCN1C(=O)C(O)=C(C(=O)c2cccs2)[C@@H]1c1ccc(N(C)C)cc1. The second-order valence-corrected chi connectivity index (χ2v) is 7.15. The Hall–Kier alpha value is -2.86. The minimum Gasteiger partial charge on any atom is -0.503 e. The first-order valence-corrected chi connectivity index (χ1v) is 9.04. The van der Waals surface area contributed by atoms with E-state index in [9.17, 15) is 14.7 Å². The molecule has 134 valence electrons. The van der Waals surface area contributed by atoms with Crippen LogP contribution in [0.1, 0.15) is 21.3 Å². The number of amides is 1. The lowest BCUT2D eigenvalue weighted by atomic mass is 9.95. The number of anilines is 1. The molecule has 0 saturated carbocycles. The van der Waals surface area contributed by atoms with Gasteiger partial charge in [-0.25, -0.2) is 0 Å². The van der Waals surface area contributed by atoms with Crippen LogP contribution in [0.25, 0.3) is 0 Å². The molecule has 5 nitrogen and oxygen atoms in total. The number of carbonyl (C=O) groups is 2. The van der Waals surface area contributed by atoms with E-state index >= 15 is 0 Å². The molecule has 1 aromatic heterocycles. The Kier molecular flexibility index (Phi) is 4.95. The molecule has 2 aromatic rings. The first kappa shape index (κ1) is 17.9. The standard InChI is InChI=1S/C20H20N2O3S/c1-4-11-22-17(13-7-9-14(10-8-13)21(2)3)16(19(24)20(22)25)18(23)15-6-5-12-26-15/h4-10,12,17,24H,1,11H2,2-3H3/t17-/m0/s1. The van der Waals surface area contributed by atoms with E-state index in [4.69, 9.17) is 0 Å². The summed E-state index contributed by atoms with van der Waals surface area (Å²) in [5, 5.41) is 12.2. The molecule has 6 heteroatoms. The molecule has 0 aliphatic carbocycles. The lowest BCUT2D eigenvalue weighted by Crippen LogP contribution is -2.31. The van der Waals surface area contributed by atoms with Gasteiger partial charge in [0, 0.05) is 26.3 Å². The highest BCUT2D eigenvalue weighted by Gasteiger charge is 2.43. The molecule has 2 heterocycles. The van der Waals surface area contributed by atoms with Gasteiger partial charge in [-0.3, -0.25) is 9.59 Å². The molecule has 1 aromatic carbocycles. The van der Waals surface area contributed by atoms with E-state index in [0.717, 1.165) is 11.3 Å². The normalized spacial score (nSPS) is 16.9. The molecule has 0 saturated heterocycles. The largest absolute Gasteiger partial charge is 0.503 e. The smallest absolute Gasteiger partial charge is 0.290 e. The Morgan fingerprint density at radius 2 is 2.00 bits per heavy atom. The Labute approximate surface area is 156 Å². The molecule has 0 unspecified atom stereocenters. The monoisotopic (exact) mass is 368 g/mol. The highest BCUT2D eigenvalue weighted by Crippen LogP contribution is 2.39. The number of Topliss-reactive ketones (excluding diaryl/α,β-unsaturated/α-hetero) is 1. The van der Waals surface area contributed by atoms with Crippen LogP contribution in [-0.4, -0.2) is 42.3 Å². The van der Waals surface area contributed by atoms with Crippen molar-refractivity contribution in [3.8, 4) is 0 Å². The van der Waals surface area contributed by atoms with Gasteiger partial charge in [0.15, 0.2) is 5.76 Å². The minimum absolute atomic E-state index is 0.122. The molecule has 0 spiro atoms. The van der Waals surface area contributed by atoms with E-state index in [1.807, 2.05) is 43.3 Å². The van der Waals surface area contributed by atoms with E-state index in [1.54, 1.807) is 23.6 Å². The van der Waals surface area contributed by atoms with Gasteiger partial charge in [0.1, 0.15) is 0 Å². The number of ketones is 1. The number of aliphatic hydroxyl groups excluding tert-OH is 1. The summed E-state index contributed by atoms with van der Waals surface area (Å²) in [7, 11) is 3.88. The second-order valence-electron chi connectivity index (χ2n) is 6.20. The summed E-state index contributed by atoms with van der Waals surface area (Å²) in [6.07, 6.45) is 1.59. The highest BCUT2D eigenvalue weighted by molar-refractivity contribution is 7.12. The maximum atomic E-state index is 13.0. The lowest BCUT2D eigenvalue weighted by Gasteiger charge is -2.26. The van der Waals surface area contributed by atoms with Crippen LogP contribution >= 0.6 is 11.3 Å². The van der Waals surface area contributed by atoms with Crippen molar-refractivity contribution in [1.29, 1.82) is 0 Å². The number of rotatable bonds is 6. The molecule has 1 N–H and O–H groups in total. The van der Waals surface area contributed by atoms with Crippen LogP contribution in [0.4, 0.5) is 5.69 Å². The van der Waals surface area contributed by atoms with Crippen molar-refractivity contribution in [3.63, 3.8) is 0 Å². The van der Waals surface area contributed by atoms with Crippen molar-refractivity contribution in [2.45, 2.75) is 6.04 Å². The van der Waals surface area contributed by atoms with Crippen LogP contribution in [0.3, 0.4) is 0 Å². The number of nitrogens with zero attached hydrogens (tertiary/aromatic N) is 2. The van der Waals surface area contributed by atoms with E-state index < -0.39 is 17.7 Å². The van der Waals surface area contributed by atoms with E-state index in [0.29, 0.717) is 4.88 Å². The number of aliphatic hydroxyl groups is 1. The van der Waals surface area contributed by atoms with Crippen LogP contribution in [0.2, 0.25) is 0 Å². The van der Waals surface area contributed by atoms with E-state index in [2.05, 4.69) is 6.58 Å². The molecule has 1 atom stereocenters. The van der Waals surface area contributed by atoms with Crippen molar-refractivity contribution < 1.29 is 14.7 Å². The highest BCUT2D eigenvalue weighted by atomic mass is 32.1. The van der Waals surface area contributed by atoms with Crippen molar-refractivity contribution in [3.05, 3.63) is 76.2 Å². The van der Waals surface area contributed by atoms with Gasteiger partial charge >= 0.3 is 0 Å². The average Bonchev–Trinajstić information content (AvgIpc) is 3.25. The van der Waals surface area contributed by atoms with Gasteiger partial charge in [0.25, 0.3) is 5.91 Å². The molecule has 0 radical (unpaired) electrons. The Balaban J connectivity index is 2.08. The minimum atomic E-state index is -0.633. The molecule has 1 aliphatic heterocycles. The van der Waals surface area contributed by atoms with Gasteiger partial charge in [-0.1, -0.05) is 24.3 Å². The van der Waals surface area contributed by atoms with E-state index in [1.165, 1.54) is 16.2 Å². The van der Waals surface area contributed by atoms with Gasteiger partial charge in [-0.15, -0.1) is 17.9 Å². The summed E-state index contributed by atoms with van der Waals surface area (Å²) < 4.78 is 0. The van der Waals surface area contributed by atoms with Gasteiger partial charge in [0.2, 0.25) is 5.78 Å². The molecular weight excluding hydrogens is 348 g/mol. The van der Waals surface area contributed by atoms with Gasteiger partial charge in [-0.05, 0) is 29.1 Å². The molecule has 26 heavy (non-hydrogen) atoms. The number of benzene rings is 1. The van der Waals surface area contributed by atoms with Crippen LogP contribution in [0.5, 0.6) is 0 Å². The molecule has 0 fully saturated rings. The van der Waals surface area contributed by atoms with Crippen molar-refractivity contribution in [2.75, 3.05) is 25.5 Å². The van der Waals surface area contributed by atoms with Crippen molar-refractivity contribution >= 4 is 28.7 Å². The summed E-state index contributed by atoms with van der Waals surface area (Å²) in [6, 6.07) is 10.4. The number of thiophene rings is 1. The fourth-order valence-corrected chi connectivity index (χ4v) is 3.73. The van der Waals surface area contributed by atoms with Crippen LogP contribution in [-0.2, 0) is 4.79 Å². The number of hydrogen-bond acceptors (Lipinski definition) is 5. The summed E-state index contributed by atoms with van der Waals surface area (Å²) in [5.41, 5.74) is 1.90. The first-order valence-electron chi connectivity index (χ1n) is 8.16. The van der Waals surface area contributed by atoms with Crippen LogP contribution in [0, 0.1) is 0 Å². The van der Waals surface area contributed by atoms with Crippen LogP contribution < -0.4 is 4.90 Å². The Morgan fingerprint density at radius 3 is 2.54 bits per heavy atom. The fourth-order valence-electron chi connectivity index (χ4n) is 3.05. The number of carbonyl (C=O) groups excluding carboxylic acids is 2. The molecule has 1 aliphatic rings. The summed E-state index contributed by atoms with van der Waals surface area (Å²) in [6.45, 7) is 3.93. The molecular formula is C20H20N2O3S. The summed E-state index contributed by atoms with van der Waals surface area (Å²) in [4.78, 5) is 29.4. The maximum absolute atomic E-state index is 13.0. The van der Waals surface area contributed by atoms with E-state index in [-0.39, 0.29) is 17.9 Å². The second kappa shape index (κ2) is 7.17. The Bertz CT molecular complexity index is 867. The van der Waals surface area contributed by atoms with Crippen LogP contribution in [0.15, 0.2) is 65.8 Å². The van der Waals surface area contributed by atoms with Crippen molar-refractivity contribution in [2.24, 2.45) is 0 Å². The van der Waals surface area contributed by atoms with Gasteiger partial charge < -0.3 is 14.9 Å². The Morgan fingerprint density at radius 1 is 1.31 bits per heavy atom. The quantitative estimate of drug-likeness (QED) is 0.625. The van der Waals surface area contributed by atoms with Gasteiger partial charge in [0.05, 0.1) is 16.5 Å². The zero-order chi connectivity index (χ0) is 18.8. The fraction of sp³-hybridized carbons (Fsp3) is 0.200. The lowest BCUT2D eigenvalue weighted by molar-refractivity contribution is -0.128. The predicted molar refractivity (Wildman–Crippen MR) is 104 cm³/mol. The maximum Gasteiger partial charge on any atom is 0.290 e. The third-order valence-corrected chi connectivity index (χ3v) is 5.21. The zero-order valence-electron chi connectivity index (χ0n) is 14.7. The third-order valence-electron chi connectivity index (χ3n) is 4.34. The molecule has 0 bridgehead atoms. The predicted octanol–water partition coefficient (Wildman–Crippen LogP) is 3.58. The zero-order valence-corrected chi connectivity index (χ0v) is 15.5. The molecule has 1 amide bonds. The van der Waals surface area contributed by atoms with Gasteiger partial charge in [-0.2, -0.15) is 0 Å².